The third-order valence-electron chi connectivity index (χ3n) is 23.0. The Labute approximate surface area is 658 Å². The van der Waals surface area contributed by atoms with Crippen LogP contribution in [0.15, 0.2) is 24.3 Å². The molecule has 3 aliphatic heterocycles. The van der Waals surface area contributed by atoms with Crippen molar-refractivity contribution in [2.45, 2.75) is 510 Å². The molecular formula is C89H169NO18. The van der Waals surface area contributed by atoms with E-state index in [-0.39, 0.29) is 18.9 Å². The lowest BCUT2D eigenvalue weighted by Crippen LogP contribution is -2.66. The van der Waals surface area contributed by atoms with Crippen LogP contribution in [-0.2, 0) is 33.2 Å². The van der Waals surface area contributed by atoms with Gasteiger partial charge in [0.1, 0.15) is 73.2 Å². The Morgan fingerprint density at radius 2 is 0.611 bits per heavy atom. The molecule has 19 heteroatoms. The van der Waals surface area contributed by atoms with Gasteiger partial charge in [0.05, 0.1) is 38.6 Å². The second-order valence-corrected chi connectivity index (χ2v) is 32.8. The summed E-state index contributed by atoms with van der Waals surface area (Å²) in [6.45, 7) is 1.87. The summed E-state index contributed by atoms with van der Waals surface area (Å²) in [5, 5.41) is 121. The summed E-state index contributed by atoms with van der Waals surface area (Å²) in [5.41, 5.74) is 0. The molecule has 0 spiro atoms. The zero-order chi connectivity index (χ0) is 78.1. The van der Waals surface area contributed by atoms with Crippen LogP contribution in [0.5, 0.6) is 0 Å². The minimum Gasteiger partial charge on any atom is -0.394 e. The molecule has 3 heterocycles. The number of allylic oxidation sites excluding steroid dienone is 4. The highest BCUT2D eigenvalue weighted by atomic mass is 16.8. The molecule has 12 N–H and O–H groups in total. The first-order valence-corrected chi connectivity index (χ1v) is 45.6. The number of carbonyl (C=O) groups is 1. The van der Waals surface area contributed by atoms with E-state index in [1.54, 1.807) is 0 Å². The minimum atomic E-state index is -1.97. The van der Waals surface area contributed by atoms with Crippen molar-refractivity contribution in [2.75, 3.05) is 26.4 Å². The van der Waals surface area contributed by atoms with Crippen LogP contribution < -0.4 is 5.32 Å². The number of aliphatic hydroxyl groups excluding tert-OH is 11. The fraction of sp³-hybridized carbons (Fsp3) is 0.944. The van der Waals surface area contributed by atoms with Crippen molar-refractivity contribution in [2.24, 2.45) is 0 Å². The first-order chi connectivity index (χ1) is 52.8. The average Bonchev–Trinajstić information content (AvgIpc) is 0.774. The molecule has 0 radical (unpaired) electrons. The minimum absolute atomic E-state index is 0.233. The van der Waals surface area contributed by atoms with Gasteiger partial charge in [-0.15, -0.1) is 0 Å². The smallest absolute Gasteiger partial charge is 0.220 e. The normalized spacial score (nSPS) is 25.4. The van der Waals surface area contributed by atoms with Crippen LogP contribution >= 0.6 is 0 Å². The average molecular weight is 1540 g/mol. The van der Waals surface area contributed by atoms with Gasteiger partial charge in [-0.3, -0.25) is 4.79 Å². The highest BCUT2D eigenvalue weighted by Gasteiger charge is 2.54. The molecule has 19 nitrogen and oxygen atoms in total. The molecule has 0 aliphatic carbocycles. The molecular weight excluding hydrogens is 1370 g/mol. The standard InChI is InChI=1S/C89H169NO18/c1-3-5-7-9-11-13-15-17-19-21-23-25-27-29-31-33-34-35-36-37-38-39-41-43-45-47-49-51-53-55-57-59-61-63-65-67-77(95)90-72(73(94)66-64-62-60-58-56-54-52-50-48-46-44-42-40-32-30-28-26-24-22-20-18-16-14-12-10-8-6-4-2)71-103-87-83(101)80(98)85(75(69-92)105-87)108-89-84(102)81(99)86(76(70-93)106-89)107-88-82(100)79(97)78(96)74(68-91)104-88/h15,17,21,23,72-76,78-89,91-94,96-102H,3-14,16,18-20,22,24-71H2,1-2H3,(H,90,95)/b17-15-,23-21-. The van der Waals surface area contributed by atoms with Crippen LogP contribution in [0.3, 0.4) is 0 Å². The van der Waals surface area contributed by atoms with Crippen molar-refractivity contribution in [3.63, 3.8) is 0 Å². The fourth-order valence-corrected chi connectivity index (χ4v) is 15.8. The van der Waals surface area contributed by atoms with E-state index in [9.17, 15) is 61.0 Å². The van der Waals surface area contributed by atoms with Gasteiger partial charge in [0.2, 0.25) is 5.91 Å². The van der Waals surface area contributed by atoms with Crippen molar-refractivity contribution >= 4 is 5.91 Å². The van der Waals surface area contributed by atoms with Crippen LogP contribution in [0.4, 0.5) is 0 Å². The Balaban J connectivity index is 1.31. The predicted molar refractivity (Wildman–Crippen MR) is 434 cm³/mol. The number of hydrogen-bond acceptors (Lipinski definition) is 18. The van der Waals surface area contributed by atoms with Gasteiger partial charge in [-0.05, 0) is 44.9 Å². The molecule has 0 aromatic heterocycles. The van der Waals surface area contributed by atoms with Crippen LogP contribution in [0, 0.1) is 0 Å². The number of nitrogens with one attached hydrogen (secondary N) is 1. The Hall–Kier alpha value is -1.73. The van der Waals surface area contributed by atoms with Crippen molar-refractivity contribution in [3.8, 4) is 0 Å². The van der Waals surface area contributed by atoms with Gasteiger partial charge in [0.25, 0.3) is 0 Å². The number of rotatable bonds is 75. The number of amides is 1. The Morgan fingerprint density at radius 3 is 0.944 bits per heavy atom. The first-order valence-electron chi connectivity index (χ1n) is 45.6. The van der Waals surface area contributed by atoms with Gasteiger partial charge < -0.3 is 89.9 Å². The first kappa shape index (κ1) is 100. The zero-order valence-corrected chi connectivity index (χ0v) is 68.9. The molecule has 0 bridgehead atoms. The zero-order valence-electron chi connectivity index (χ0n) is 68.9. The summed E-state index contributed by atoms with van der Waals surface area (Å²) in [5.74, 6) is -0.233. The molecule has 0 saturated carbocycles. The number of ether oxygens (including phenoxy) is 6. The predicted octanol–water partition coefficient (Wildman–Crippen LogP) is 17.2. The molecule has 3 aliphatic rings. The summed E-state index contributed by atoms with van der Waals surface area (Å²) in [4.78, 5) is 13.5. The van der Waals surface area contributed by atoms with E-state index < -0.39 is 124 Å². The maximum absolute atomic E-state index is 13.5. The highest BCUT2D eigenvalue weighted by Crippen LogP contribution is 2.34. The molecule has 3 saturated heterocycles. The molecule has 638 valence electrons. The van der Waals surface area contributed by atoms with E-state index in [1.807, 2.05) is 0 Å². The van der Waals surface area contributed by atoms with E-state index >= 15 is 0 Å². The van der Waals surface area contributed by atoms with E-state index in [0.717, 1.165) is 51.4 Å². The monoisotopic (exact) mass is 1540 g/mol. The van der Waals surface area contributed by atoms with Crippen LogP contribution in [0.2, 0.25) is 0 Å². The van der Waals surface area contributed by atoms with Crippen molar-refractivity contribution in [1.82, 2.24) is 5.32 Å². The van der Waals surface area contributed by atoms with Gasteiger partial charge in [-0.1, -0.05) is 378 Å². The molecule has 17 unspecified atom stereocenters. The van der Waals surface area contributed by atoms with Crippen LogP contribution in [0.25, 0.3) is 0 Å². The van der Waals surface area contributed by atoms with Gasteiger partial charge >= 0.3 is 0 Å². The fourth-order valence-electron chi connectivity index (χ4n) is 15.8. The summed E-state index contributed by atoms with van der Waals surface area (Å²) in [6, 6.07) is -0.887. The van der Waals surface area contributed by atoms with E-state index in [1.165, 1.54) is 321 Å². The van der Waals surface area contributed by atoms with E-state index in [2.05, 4.69) is 43.5 Å². The molecule has 0 aromatic carbocycles. The lowest BCUT2D eigenvalue weighted by Gasteiger charge is -2.48. The van der Waals surface area contributed by atoms with E-state index in [4.69, 9.17) is 28.4 Å². The lowest BCUT2D eigenvalue weighted by molar-refractivity contribution is -0.379. The molecule has 1 amide bonds. The van der Waals surface area contributed by atoms with E-state index in [0.29, 0.717) is 12.8 Å². The SMILES string of the molecule is CCCCCCC/C=C\C/C=C\CCCCCCCCCCCCCCCCCCCCCCCCCC(=O)NC(COC1OC(CO)C(OC2OC(CO)C(OC3OC(CO)C(O)C(O)C3O)C(O)C2O)C(O)C1O)C(O)CCCCCCCCCCCCCCCCCCCCCCCCCCCCCC. The Kier molecular flexibility index (Phi) is 64.7. The van der Waals surface area contributed by atoms with Crippen LogP contribution in [-0.4, -0.2) is 193 Å². The Morgan fingerprint density at radius 1 is 0.333 bits per heavy atom. The summed E-state index contributed by atoms with van der Waals surface area (Å²) >= 11 is 0. The van der Waals surface area contributed by atoms with Gasteiger partial charge in [-0.25, -0.2) is 0 Å². The second kappa shape index (κ2) is 69.6. The number of unbranched alkanes of at least 4 members (excludes halogenated alkanes) is 55. The Bertz CT molecular complexity index is 2040. The second-order valence-electron chi connectivity index (χ2n) is 32.8. The summed E-state index contributed by atoms with van der Waals surface area (Å²) < 4.78 is 34.6. The number of hydrogen-bond donors (Lipinski definition) is 12. The molecule has 0 aromatic rings. The topological polar surface area (TPSA) is 307 Å². The largest absolute Gasteiger partial charge is 0.394 e. The molecule has 17 atom stereocenters. The molecule has 3 rings (SSSR count). The van der Waals surface area contributed by atoms with Crippen molar-refractivity contribution in [3.05, 3.63) is 24.3 Å². The highest BCUT2D eigenvalue weighted by molar-refractivity contribution is 5.76. The summed E-state index contributed by atoms with van der Waals surface area (Å²) in [7, 11) is 0. The van der Waals surface area contributed by atoms with Gasteiger partial charge in [-0.2, -0.15) is 0 Å². The summed E-state index contributed by atoms with van der Waals surface area (Å²) in [6.07, 6.45) is 60.0. The number of carbonyl (C=O) groups excluding carboxylic acids is 1. The van der Waals surface area contributed by atoms with Crippen LogP contribution in [0.1, 0.15) is 406 Å². The van der Waals surface area contributed by atoms with Crippen molar-refractivity contribution in [1.29, 1.82) is 0 Å². The molecule has 3 fully saturated rings. The maximum Gasteiger partial charge on any atom is 0.220 e. The molecule has 108 heavy (non-hydrogen) atoms. The lowest BCUT2D eigenvalue weighted by atomic mass is 9.96. The van der Waals surface area contributed by atoms with Crippen molar-refractivity contribution < 1.29 is 89.4 Å². The van der Waals surface area contributed by atoms with Gasteiger partial charge in [0, 0.05) is 6.42 Å². The quantitative estimate of drug-likeness (QED) is 0.0199. The maximum atomic E-state index is 13.5. The number of aliphatic hydroxyl groups is 11. The van der Waals surface area contributed by atoms with Gasteiger partial charge in [0.15, 0.2) is 18.9 Å². The third-order valence-corrected chi connectivity index (χ3v) is 23.0. The third kappa shape index (κ3) is 48.0.